The maximum atomic E-state index is 17.6. The highest BCUT2D eigenvalue weighted by molar-refractivity contribution is 6.58. The molecular formula is C42H40BF2N5O5. The lowest BCUT2D eigenvalue weighted by molar-refractivity contribution is 0.107. The standard InChI is InChI=1S/C42H40BF2N5O5/c1-2-25-5-3-6-26-15-30(53-21-24-7-9-27(10-8-24)43(51)52)16-31(36(25)26)32-17-35-37-39(38(32)45)47-41(55-23-42-13-4-14-49(42)19-28(44)18-42)48-40(37)50-20-29-11-12-33(46-29)34(50)22-54-35/h1,3,5-10,15-17,28-29,33-34,46,51-52H,4,11-14,18-23H2/t28-,29-,33+,34-,42+/m1/s1. The molecule has 0 spiro atoms. The van der Waals surface area contributed by atoms with Gasteiger partial charge in [0.25, 0.3) is 0 Å². The Kier molecular flexibility index (Phi) is 8.37. The van der Waals surface area contributed by atoms with Crippen LogP contribution in [-0.2, 0) is 6.61 Å². The molecule has 55 heavy (non-hydrogen) atoms. The third-order valence-electron chi connectivity index (χ3n) is 12.4. The summed E-state index contributed by atoms with van der Waals surface area (Å²) >= 11 is 0. The highest BCUT2D eigenvalue weighted by Gasteiger charge is 2.50. The van der Waals surface area contributed by atoms with Crippen LogP contribution in [0.5, 0.6) is 17.5 Å². The Bertz CT molecular complexity index is 2380. The lowest BCUT2D eigenvalue weighted by atomic mass is 9.80. The normalized spacial score (nSPS) is 25.3. The van der Waals surface area contributed by atoms with Crippen LogP contribution < -0.4 is 29.9 Å². The van der Waals surface area contributed by atoms with Gasteiger partial charge in [0.2, 0.25) is 0 Å². The summed E-state index contributed by atoms with van der Waals surface area (Å²) in [5, 5.41) is 24.7. The number of benzene rings is 4. The Morgan fingerprint density at radius 2 is 1.91 bits per heavy atom. The lowest BCUT2D eigenvalue weighted by Gasteiger charge is -2.40. The van der Waals surface area contributed by atoms with Crippen molar-refractivity contribution in [1.82, 2.24) is 20.2 Å². The summed E-state index contributed by atoms with van der Waals surface area (Å²) in [6.45, 7) is 2.69. The molecule has 10 rings (SSSR count). The van der Waals surface area contributed by atoms with Crippen molar-refractivity contribution >= 4 is 40.1 Å². The second-order valence-electron chi connectivity index (χ2n) is 15.7. The van der Waals surface area contributed by atoms with Gasteiger partial charge >= 0.3 is 13.1 Å². The van der Waals surface area contributed by atoms with Gasteiger partial charge in [-0.15, -0.1) is 6.42 Å². The Morgan fingerprint density at radius 1 is 1.04 bits per heavy atom. The third kappa shape index (κ3) is 5.85. The largest absolute Gasteiger partial charge is 0.491 e. The van der Waals surface area contributed by atoms with Gasteiger partial charge in [-0.1, -0.05) is 42.3 Å². The molecule has 4 aromatic carbocycles. The summed E-state index contributed by atoms with van der Waals surface area (Å²) < 4.78 is 51.6. The highest BCUT2D eigenvalue weighted by atomic mass is 19.1. The number of nitrogens with zero attached hydrogens (tertiary/aromatic N) is 4. The number of halogens is 2. The van der Waals surface area contributed by atoms with E-state index in [0.717, 1.165) is 43.2 Å². The summed E-state index contributed by atoms with van der Waals surface area (Å²) in [5.41, 5.74) is 2.20. The van der Waals surface area contributed by atoms with Crippen molar-refractivity contribution in [2.24, 2.45) is 0 Å². The molecule has 5 aromatic rings. The molecule has 2 bridgehead atoms. The van der Waals surface area contributed by atoms with E-state index in [1.165, 1.54) is 0 Å². The van der Waals surface area contributed by atoms with Crippen molar-refractivity contribution in [3.8, 4) is 41.0 Å². The number of hydrogen-bond acceptors (Lipinski definition) is 10. The van der Waals surface area contributed by atoms with Gasteiger partial charge in [0.05, 0.1) is 17.0 Å². The summed E-state index contributed by atoms with van der Waals surface area (Å²) in [7, 11) is -1.57. The third-order valence-corrected chi connectivity index (χ3v) is 12.4. The van der Waals surface area contributed by atoms with Crippen molar-refractivity contribution in [2.75, 3.05) is 37.7 Å². The van der Waals surface area contributed by atoms with Crippen LogP contribution in [0.2, 0.25) is 0 Å². The molecule has 4 fully saturated rings. The number of hydrogen-bond donors (Lipinski definition) is 3. The minimum atomic E-state index is -1.57. The number of aromatic nitrogens is 2. The second-order valence-corrected chi connectivity index (χ2v) is 15.7. The molecule has 280 valence electrons. The van der Waals surface area contributed by atoms with Crippen LogP contribution >= 0.6 is 0 Å². The Balaban J connectivity index is 1.11. The summed E-state index contributed by atoms with van der Waals surface area (Å²) in [5.74, 6) is 3.76. The fourth-order valence-corrected chi connectivity index (χ4v) is 9.72. The lowest BCUT2D eigenvalue weighted by Crippen LogP contribution is -2.60. The zero-order valence-corrected chi connectivity index (χ0v) is 30.2. The van der Waals surface area contributed by atoms with E-state index >= 15 is 4.39 Å². The molecule has 3 N–H and O–H groups in total. The predicted octanol–water partition coefficient (Wildman–Crippen LogP) is 4.49. The van der Waals surface area contributed by atoms with Crippen molar-refractivity contribution in [3.05, 3.63) is 77.6 Å². The second kappa shape index (κ2) is 13.3. The maximum absolute atomic E-state index is 17.6. The first-order chi connectivity index (χ1) is 26.8. The molecule has 0 saturated carbocycles. The van der Waals surface area contributed by atoms with Crippen LogP contribution in [0, 0.1) is 18.2 Å². The van der Waals surface area contributed by atoms with Crippen molar-refractivity contribution in [1.29, 1.82) is 0 Å². The van der Waals surface area contributed by atoms with E-state index in [-0.39, 0.29) is 48.4 Å². The highest BCUT2D eigenvalue weighted by Crippen LogP contribution is 2.47. The first-order valence-corrected chi connectivity index (χ1v) is 19.1. The topological polar surface area (TPSA) is 112 Å². The Labute approximate surface area is 317 Å². The molecule has 13 heteroatoms. The maximum Gasteiger partial charge on any atom is 0.488 e. The predicted molar refractivity (Wildman–Crippen MR) is 206 cm³/mol. The smallest absolute Gasteiger partial charge is 0.488 e. The van der Waals surface area contributed by atoms with Crippen LogP contribution in [0.15, 0.2) is 60.7 Å². The monoisotopic (exact) mass is 743 g/mol. The molecule has 5 atom stereocenters. The number of anilines is 1. The molecule has 0 radical (unpaired) electrons. The zero-order valence-electron chi connectivity index (χ0n) is 30.2. The fourth-order valence-electron chi connectivity index (χ4n) is 9.72. The van der Waals surface area contributed by atoms with E-state index in [1.54, 1.807) is 36.4 Å². The summed E-state index contributed by atoms with van der Waals surface area (Å²) in [6, 6.07) is 18.3. The van der Waals surface area contributed by atoms with Crippen LogP contribution in [0.4, 0.5) is 14.6 Å². The molecular weight excluding hydrogens is 703 g/mol. The summed E-state index contributed by atoms with van der Waals surface area (Å²) in [4.78, 5) is 14.2. The number of nitrogens with one attached hydrogen (secondary N) is 1. The van der Waals surface area contributed by atoms with E-state index in [2.05, 4.69) is 21.0 Å². The quantitative estimate of drug-likeness (QED) is 0.155. The number of ether oxygens (including phenoxy) is 3. The van der Waals surface area contributed by atoms with Gasteiger partial charge in [-0.3, -0.25) is 4.90 Å². The SMILES string of the molecule is C#Cc1cccc2cc(OCc3ccc(B(O)O)cc3)cc(-c3cc4c5c(nc(OC[C@@]67CCCN6C[C@H](F)C7)nc5c3F)N3C[C@H]5CC[C@H](N5)[C@H]3CO4)c12. The molecule has 6 heterocycles. The molecule has 5 aliphatic heterocycles. The first kappa shape index (κ1) is 34.5. The Hall–Kier alpha value is -5.00. The number of piperazine rings is 1. The van der Waals surface area contributed by atoms with Gasteiger partial charge in [-0.2, -0.15) is 9.97 Å². The number of alkyl halides is 1. The molecule has 4 saturated heterocycles. The van der Waals surface area contributed by atoms with Gasteiger partial charge in [-0.25, -0.2) is 8.78 Å². The number of terminal acetylenes is 1. The van der Waals surface area contributed by atoms with E-state index in [9.17, 15) is 14.4 Å². The van der Waals surface area contributed by atoms with E-state index in [4.69, 9.17) is 30.6 Å². The minimum Gasteiger partial charge on any atom is -0.491 e. The van der Waals surface area contributed by atoms with Crippen LogP contribution in [0.1, 0.15) is 43.2 Å². The fraction of sp³-hybridized carbons (Fsp3) is 0.381. The van der Waals surface area contributed by atoms with Crippen molar-refractivity contribution in [2.45, 2.75) is 68.5 Å². The van der Waals surface area contributed by atoms with Gasteiger partial charge in [0, 0.05) is 48.1 Å². The van der Waals surface area contributed by atoms with Crippen molar-refractivity contribution in [3.63, 3.8) is 0 Å². The van der Waals surface area contributed by atoms with Crippen molar-refractivity contribution < 1.29 is 33.0 Å². The van der Waals surface area contributed by atoms with Crippen LogP contribution in [0.25, 0.3) is 32.8 Å². The molecule has 5 aliphatic rings. The molecule has 0 aliphatic carbocycles. The zero-order chi connectivity index (χ0) is 37.4. The van der Waals surface area contributed by atoms with Crippen LogP contribution in [-0.4, -0.2) is 94.7 Å². The summed E-state index contributed by atoms with van der Waals surface area (Å²) in [6.07, 6.45) is 9.37. The molecule has 0 unspecified atom stereocenters. The van der Waals surface area contributed by atoms with Gasteiger partial charge in [0.15, 0.2) is 5.82 Å². The van der Waals surface area contributed by atoms with Gasteiger partial charge in [0.1, 0.15) is 48.8 Å². The van der Waals surface area contributed by atoms with E-state index < -0.39 is 24.6 Å². The molecule has 1 aromatic heterocycles. The molecule has 10 nitrogen and oxygen atoms in total. The molecule has 0 amide bonds. The number of fused-ring (bicyclic) bond motifs is 7. The van der Waals surface area contributed by atoms with Crippen LogP contribution in [0.3, 0.4) is 0 Å². The van der Waals surface area contributed by atoms with Gasteiger partial charge < -0.3 is 34.5 Å². The Morgan fingerprint density at radius 3 is 2.75 bits per heavy atom. The average Bonchev–Trinajstić information content (AvgIpc) is 3.83. The minimum absolute atomic E-state index is 0.0324. The van der Waals surface area contributed by atoms with Gasteiger partial charge in [-0.05, 0) is 78.5 Å². The van der Waals surface area contributed by atoms with E-state index in [1.807, 2.05) is 24.3 Å². The average molecular weight is 744 g/mol. The first-order valence-electron chi connectivity index (χ1n) is 19.1. The number of rotatable bonds is 8. The van der Waals surface area contributed by atoms with E-state index in [0.29, 0.717) is 70.8 Å².